The van der Waals surface area contributed by atoms with Crippen LogP contribution in [0.15, 0.2) is 0 Å². The molecule has 1 aliphatic heterocycles. The Kier molecular flexibility index (Phi) is 3.26. The summed E-state index contributed by atoms with van der Waals surface area (Å²) in [6.45, 7) is 5.21. The number of H-pyrrole nitrogens is 1. The Morgan fingerprint density at radius 3 is 2.90 bits per heavy atom. The minimum Gasteiger partial charge on any atom is -0.481 e. The third-order valence-corrected chi connectivity index (χ3v) is 4.08. The van der Waals surface area contributed by atoms with Crippen LogP contribution in [-0.4, -0.2) is 27.2 Å². The summed E-state index contributed by atoms with van der Waals surface area (Å²) in [6.07, 6.45) is 0.349. The van der Waals surface area contributed by atoms with E-state index in [2.05, 4.69) is 10.2 Å². The first-order valence-corrected chi connectivity index (χ1v) is 6.32. The quantitative estimate of drug-likeness (QED) is 0.773. The number of aromatic nitrogens is 2. The molecule has 0 spiro atoms. The second-order valence-corrected chi connectivity index (χ2v) is 5.14. The monoisotopic (exact) mass is 276 g/mol. The van der Waals surface area contributed by atoms with Gasteiger partial charge in [-0.1, -0.05) is 13.8 Å². The molecule has 2 heterocycles. The third-order valence-electron chi connectivity index (χ3n) is 4.08. The highest BCUT2D eigenvalue weighted by Crippen LogP contribution is 2.49. The van der Waals surface area contributed by atoms with Gasteiger partial charge in [0, 0.05) is 16.7 Å². The summed E-state index contributed by atoms with van der Waals surface area (Å²) < 4.78 is 5.25. The number of ether oxygens (including phenoxy) is 1. The van der Waals surface area contributed by atoms with Crippen LogP contribution in [0.1, 0.15) is 31.5 Å². The van der Waals surface area contributed by atoms with Crippen LogP contribution in [0.25, 0.3) is 0 Å². The van der Waals surface area contributed by atoms with Gasteiger partial charge in [-0.2, -0.15) is 5.26 Å². The SMILES string of the molecule is CCC(C(=O)O)C1(C)c2c(n[nH]c2C)OC(=N)C1C#N. The van der Waals surface area contributed by atoms with Gasteiger partial charge in [0.05, 0.1) is 12.0 Å². The maximum absolute atomic E-state index is 11.6. The van der Waals surface area contributed by atoms with E-state index in [9.17, 15) is 15.2 Å². The van der Waals surface area contributed by atoms with Gasteiger partial charge in [0.1, 0.15) is 5.92 Å². The Hall–Kier alpha value is -2.36. The van der Waals surface area contributed by atoms with Gasteiger partial charge < -0.3 is 9.84 Å². The van der Waals surface area contributed by atoms with Crippen molar-refractivity contribution in [2.24, 2.45) is 11.8 Å². The van der Waals surface area contributed by atoms with Gasteiger partial charge in [0.25, 0.3) is 0 Å². The lowest BCUT2D eigenvalue weighted by molar-refractivity contribution is -0.144. The maximum atomic E-state index is 11.6. The average molecular weight is 276 g/mol. The molecule has 0 saturated carbocycles. The molecular formula is C13H16N4O3. The van der Waals surface area contributed by atoms with E-state index in [0.717, 1.165) is 0 Å². The minimum atomic E-state index is -1.04. The minimum absolute atomic E-state index is 0.196. The highest BCUT2D eigenvalue weighted by Gasteiger charge is 2.54. The number of fused-ring (bicyclic) bond motifs is 1. The fraction of sp³-hybridized carbons (Fsp3) is 0.538. The highest BCUT2D eigenvalue weighted by atomic mass is 16.5. The lowest BCUT2D eigenvalue weighted by Gasteiger charge is -2.41. The first-order chi connectivity index (χ1) is 9.37. The molecule has 0 fully saturated rings. The van der Waals surface area contributed by atoms with Gasteiger partial charge >= 0.3 is 5.97 Å². The maximum Gasteiger partial charge on any atom is 0.307 e. The molecule has 3 N–H and O–H groups in total. The van der Waals surface area contributed by atoms with Crippen LogP contribution in [0.3, 0.4) is 0 Å². The predicted octanol–water partition coefficient (Wildman–Crippen LogP) is 1.60. The molecule has 20 heavy (non-hydrogen) atoms. The number of nitriles is 1. The first kappa shape index (κ1) is 14.1. The van der Waals surface area contributed by atoms with E-state index in [4.69, 9.17) is 10.1 Å². The molecule has 0 amide bonds. The third kappa shape index (κ3) is 1.68. The van der Waals surface area contributed by atoms with Crippen molar-refractivity contribution in [3.05, 3.63) is 11.3 Å². The van der Waals surface area contributed by atoms with Gasteiger partial charge in [-0.3, -0.25) is 15.3 Å². The average Bonchev–Trinajstić information content (AvgIpc) is 2.71. The summed E-state index contributed by atoms with van der Waals surface area (Å²) in [6, 6.07) is 2.02. The van der Waals surface area contributed by atoms with E-state index in [1.165, 1.54) is 0 Å². The number of carboxylic acids is 1. The summed E-state index contributed by atoms with van der Waals surface area (Å²) in [5, 5.41) is 33.4. The Labute approximate surface area is 116 Å². The Balaban J connectivity index is 2.73. The number of nitrogens with one attached hydrogen (secondary N) is 2. The molecule has 0 aromatic carbocycles. The number of aromatic amines is 1. The van der Waals surface area contributed by atoms with Gasteiger partial charge in [-0.05, 0) is 13.3 Å². The van der Waals surface area contributed by atoms with Crippen LogP contribution >= 0.6 is 0 Å². The van der Waals surface area contributed by atoms with E-state index < -0.39 is 23.2 Å². The smallest absolute Gasteiger partial charge is 0.307 e. The van der Waals surface area contributed by atoms with Crippen molar-refractivity contribution < 1.29 is 14.6 Å². The van der Waals surface area contributed by atoms with Crippen molar-refractivity contribution in [2.75, 3.05) is 0 Å². The normalized spacial score (nSPS) is 26.3. The Morgan fingerprint density at radius 1 is 1.75 bits per heavy atom. The molecule has 0 aliphatic carbocycles. The van der Waals surface area contributed by atoms with Crippen LogP contribution in [0.4, 0.5) is 0 Å². The molecule has 0 bridgehead atoms. The first-order valence-electron chi connectivity index (χ1n) is 6.32. The van der Waals surface area contributed by atoms with Gasteiger partial charge in [-0.15, -0.1) is 5.10 Å². The van der Waals surface area contributed by atoms with Crippen molar-refractivity contribution in [3.63, 3.8) is 0 Å². The fourth-order valence-corrected chi connectivity index (χ4v) is 3.12. The van der Waals surface area contributed by atoms with Crippen LogP contribution in [0, 0.1) is 35.5 Å². The lowest BCUT2D eigenvalue weighted by atomic mass is 9.62. The highest BCUT2D eigenvalue weighted by molar-refractivity contribution is 5.87. The number of aliphatic carboxylic acids is 1. The molecule has 1 aromatic heterocycles. The van der Waals surface area contributed by atoms with Crippen LogP contribution in [0.5, 0.6) is 5.88 Å². The molecule has 0 radical (unpaired) electrons. The van der Waals surface area contributed by atoms with Crippen LogP contribution < -0.4 is 4.74 Å². The van der Waals surface area contributed by atoms with Gasteiger partial charge in [0.2, 0.25) is 11.8 Å². The molecule has 1 aromatic rings. The van der Waals surface area contributed by atoms with E-state index in [0.29, 0.717) is 17.7 Å². The number of hydrogen-bond donors (Lipinski definition) is 3. The van der Waals surface area contributed by atoms with Crippen molar-refractivity contribution in [1.29, 1.82) is 10.7 Å². The molecule has 2 rings (SSSR count). The molecule has 1 aliphatic rings. The number of rotatable bonds is 3. The number of aryl methyl sites for hydroxylation is 1. The topological polar surface area (TPSA) is 123 Å². The zero-order chi connectivity index (χ0) is 15.1. The molecule has 3 atom stereocenters. The van der Waals surface area contributed by atoms with Crippen molar-refractivity contribution in [2.45, 2.75) is 32.6 Å². The molecule has 7 heteroatoms. The van der Waals surface area contributed by atoms with E-state index in [-0.39, 0.29) is 11.8 Å². The summed E-state index contributed by atoms with van der Waals surface area (Å²) in [4.78, 5) is 11.6. The zero-order valence-corrected chi connectivity index (χ0v) is 11.5. The summed E-state index contributed by atoms with van der Waals surface area (Å²) in [7, 11) is 0. The zero-order valence-electron chi connectivity index (χ0n) is 11.5. The second kappa shape index (κ2) is 4.63. The predicted molar refractivity (Wildman–Crippen MR) is 69.6 cm³/mol. The molecule has 106 valence electrons. The molecule has 0 saturated heterocycles. The van der Waals surface area contributed by atoms with Crippen molar-refractivity contribution >= 4 is 11.9 Å². The summed E-state index contributed by atoms with van der Waals surface area (Å²) >= 11 is 0. The van der Waals surface area contributed by atoms with Crippen molar-refractivity contribution in [1.82, 2.24) is 10.2 Å². The number of hydrogen-bond acceptors (Lipinski definition) is 5. The fourth-order valence-electron chi connectivity index (χ4n) is 3.12. The Bertz CT molecular complexity index is 616. The van der Waals surface area contributed by atoms with Crippen LogP contribution in [-0.2, 0) is 10.2 Å². The summed E-state index contributed by atoms with van der Waals surface area (Å²) in [5.41, 5.74) is 0.195. The Morgan fingerprint density at radius 2 is 2.40 bits per heavy atom. The molecule has 7 nitrogen and oxygen atoms in total. The largest absolute Gasteiger partial charge is 0.481 e. The van der Waals surface area contributed by atoms with E-state index in [1.807, 2.05) is 6.07 Å². The molecular weight excluding hydrogens is 260 g/mol. The van der Waals surface area contributed by atoms with E-state index >= 15 is 0 Å². The van der Waals surface area contributed by atoms with Crippen LogP contribution in [0.2, 0.25) is 0 Å². The number of carboxylic acid groups (broad SMARTS) is 1. The van der Waals surface area contributed by atoms with E-state index in [1.54, 1.807) is 20.8 Å². The molecule has 3 unspecified atom stereocenters. The number of carbonyl (C=O) groups is 1. The van der Waals surface area contributed by atoms with Gasteiger partial charge in [0.15, 0.2) is 0 Å². The van der Waals surface area contributed by atoms with Crippen molar-refractivity contribution in [3.8, 4) is 11.9 Å². The second-order valence-electron chi connectivity index (χ2n) is 5.14. The standard InChI is InChI=1S/C13H16N4O3/c1-4-7(12(18)19)13(3)8(5-14)10(15)20-11-9(13)6(2)16-17-11/h7-8,15H,4H2,1-3H3,(H,16,17)(H,18,19). The summed E-state index contributed by atoms with van der Waals surface area (Å²) in [5.74, 6) is -2.80. The lowest BCUT2D eigenvalue weighted by Crippen LogP contribution is -2.50. The van der Waals surface area contributed by atoms with Gasteiger partial charge in [-0.25, -0.2) is 0 Å². The number of nitrogens with zero attached hydrogens (tertiary/aromatic N) is 2.